The second-order valence-corrected chi connectivity index (χ2v) is 6.97. The molecule has 0 aliphatic carbocycles. The van der Waals surface area contributed by atoms with E-state index in [2.05, 4.69) is 10.6 Å². The first-order valence-electron chi connectivity index (χ1n) is 8.11. The summed E-state index contributed by atoms with van der Waals surface area (Å²) in [4.78, 5) is 25.9. The molecule has 2 amide bonds. The van der Waals surface area contributed by atoms with Crippen molar-refractivity contribution in [2.75, 3.05) is 37.7 Å². The minimum absolute atomic E-state index is 0.0543. The van der Waals surface area contributed by atoms with Gasteiger partial charge >= 0.3 is 0 Å². The average molecular weight is 313 g/mol. The van der Waals surface area contributed by atoms with E-state index in [1.807, 2.05) is 16.7 Å². The molecule has 0 radical (unpaired) electrons. The second-order valence-electron chi connectivity index (χ2n) is 5.83. The Morgan fingerprint density at radius 1 is 1.19 bits per heavy atom. The molecule has 120 valence electrons. The Kier molecular flexibility index (Phi) is 7.36. The van der Waals surface area contributed by atoms with E-state index < -0.39 is 0 Å². The van der Waals surface area contributed by atoms with Gasteiger partial charge in [0.05, 0.1) is 0 Å². The summed E-state index contributed by atoms with van der Waals surface area (Å²) >= 11 is 1.89. The monoisotopic (exact) mass is 313 g/mol. The first-order chi connectivity index (χ1) is 10.3. The maximum Gasteiger partial charge on any atom is 0.224 e. The van der Waals surface area contributed by atoms with Crippen molar-refractivity contribution < 1.29 is 9.59 Å². The molecule has 0 aromatic carbocycles. The number of thioether (sulfide) groups is 1. The van der Waals surface area contributed by atoms with Crippen molar-refractivity contribution in [3.8, 4) is 0 Å². The van der Waals surface area contributed by atoms with Crippen molar-refractivity contribution in [1.29, 1.82) is 0 Å². The number of nitrogens with one attached hydrogen (secondary N) is 2. The van der Waals surface area contributed by atoms with Crippen LogP contribution < -0.4 is 10.6 Å². The van der Waals surface area contributed by atoms with E-state index in [4.69, 9.17) is 0 Å². The Morgan fingerprint density at radius 2 is 1.95 bits per heavy atom. The molecular formula is C15H27N3O2S. The summed E-state index contributed by atoms with van der Waals surface area (Å²) in [6.45, 7) is 3.22. The summed E-state index contributed by atoms with van der Waals surface area (Å²) in [6, 6.07) is 0.282. The van der Waals surface area contributed by atoms with Gasteiger partial charge in [0, 0.05) is 56.6 Å². The molecular weight excluding hydrogens is 286 g/mol. The zero-order chi connectivity index (χ0) is 14.9. The van der Waals surface area contributed by atoms with E-state index in [0.29, 0.717) is 19.4 Å². The topological polar surface area (TPSA) is 61.4 Å². The normalized spacial score (nSPS) is 23.4. The lowest BCUT2D eigenvalue weighted by Gasteiger charge is -2.23. The standard InChI is InChI=1S/C15H27N3O2S/c19-14(11-13-12-21-10-7-16-13)17-6-5-15(20)18-8-3-1-2-4-9-18/h13,16H,1-12H2,(H,17,19). The number of hydrogen-bond acceptors (Lipinski definition) is 4. The summed E-state index contributed by atoms with van der Waals surface area (Å²) < 4.78 is 0. The highest BCUT2D eigenvalue weighted by molar-refractivity contribution is 7.99. The first kappa shape index (κ1) is 16.6. The minimum atomic E-state index is 0.0543. The highest BCUT2D eigenvalue weighted by atomic mass is 32.2. The van der Waals surface area contributed by atoms with Gasteiger partial charge in [-0.15, -0.1) is 0 Å². The lowest BCUT2D eigenvalue weighted by Crippen LogP contribution is -2.42. The molecule has 1 atom stereocenters. The molecule has 2 saturated heterocycles. The van der Waals surface area contributed by atoms with Crippen LogP contribution in [0.2, 0.25) is 0 Å². The van der Waals surface area contributed by atoms with Gasteiger partial charge < -0.3 is 15.5 Å². The number of hydrogen-bond donors (Lipinski definition) is 2. The van der Waals surface area contributed by atoms with Crippen molar-refractivity contribution >= 4 is 23.6 Å². The largest absolute Gasteiger partial charge is 0.356 e. The Balaban J connectivity index is 1.59. The second kappa shape index (κ2) is 9.30. The number of amides is 2. The number of rotatable bonds is 5. The van der Waals surface area contributed by atoms with Crippen molar-refractivity contribution in [2.24, 2.45) is 0 Å². The molecule has 2 fully saturated rings. The molecule has 0 spiro atoms. The van der Waals surface area contributed by atoms with Crippen LogP contribution in [0.1, 0.15) is 38.5 Å². The van der Waals surface area contributed by atoms with Crippen LogP contribution in [0.25, 0.3) is 0 Å². The fourth-order valence-corrected chi connectivity index (χ4v) is 3.78. The minimum Gasteiger partial charge on any atom is -0.356 e. The number of carbonyl (C=O) groups excluding carboxylic acids is 2. The van der Waals surface area contributed by atoms with E-state index in [-0.39, 0.29) is 17.9 Å². The van der Waals surface area contributed by atoms with Crippen LogP contribution in [0.15, 0.2) is 0 Å². The molecule has 0 aromatic rings. The lowest BCUT2D eigenvalue weighted by atomic mass is 10.2. The highest BCUT2D eigenvalue weighted by Gasteiger charge is 2.18. The van der Waals surface area contributed by atoms with E-state index >= 15 is 0 Å². The average Bonchev–Trinajstić information content (AvgIpc) is 2.77. The van der Waals surface area contributed by atoms with Crippen molar-refractivity contribution in [3.05, 3.63) is 0 Å². The quantitative estimate of drug-likeness (QED) is 0.795. The summed E-state index contributed by atoms with van der Waals surface area (Å²) in [5, 5.41) is 6.23. The molecule has 5 nitrogen and oxygen atoms in total. The summed E-state index contributed by atoms with van der Waals surface area (Å²) in [6.07, 6.45) is 5.63. The fourth-order valence-electron chi connectivity index (χ4n) is 2.83. The van der Waals surface area contributed by atoms with Gasteiger partial charge in [0.2, 0.25) is 11.8 Å². The van der Waals surface area contributed by atoms with Gasteiger partial charge in [-0.3, -0.25) is 9.59 Å². The lowest BCUT2D eigenvalue weighted by molar-refractivity contribution is -0.131. The van der Waals surface area contributed by atoms with Gasteiger partial charge in [0.25, 0.3) is 0 Å². The third-order valence-corrected chi connectivity index (χ3v) is 5.18. The summed E-state index contributed by atoms with van der Waals surface area (Å²) in [7, 11) is 0. The maximum atomic E-state index is 12.1. The third-order valence-electron chi connectivity index (χ3n) is 4.05. The highest BCUT2D eigenvalue weighted by Crippen LogP contribution is 2.11. The van der Waals surface area contributed by atoms with Crippen LogP contribution >= 0.6 is 11.8 Å². The number of carbonyl (C=O) groups is 2. The molecule has 6 heteroatoms. The SMILES string of the molecule is O=C(CC1CSCCN1)NCCC(=O)N1CCCCCC1. The van der Waals surface area contributed by atoms with Crippen LogP contribution in [0.5, 0.6) is 0 Å². The number of likely N-dealkylation sites (tertiary alicyclic amines) is 1. The first-order valence-corrected chi connectivity index (χ1v) is 9.27. The molecule has 2 aliphatic heterocycles. The predicted octanol–water partition coefficient (Wildman–Crippen LogP) is 0.990. The van der Waals surface area contributed by atoms with E-state index in [1.54, 1.807) is 0 Å². The molecule has 2 heterocycles. The van der Waals surface area contributed by atoms with Gasteiger partial charge in [0.15, 0.2) is 0 Å². The van der Waals surface area contributed by atoms with Crippen LogP contribution in [-0.2, 0) is 9.59 Å². The Hall–Kier alpha value is -0.750. The van der Waals surface area contributed by atoms with E-state index in [9.17, 15) is 9.59 Å². The molecule has 2 aliphatic rings. The van der Waals surface area contributed by atoms with E-state index in [1.165, 1.54) is 12.8 Å². The smallest absolute Gasteiger partial charge is 0.224 e. The zero-order valence-corrected chi connectivity index (χ0v) is 13.6. The van der Waals surface area contributed by atoms with Crippen LogP contribution in [0.4, 0.5) is 0 Å². The van der Waals surface area contributed by atoms with Crippen LogP contribution in [0, 0.1) is 0 Å². The Morgan fingerprint density at radius 3 is 2.62 bits per heavy atom. The predicted molar refractivity (Wildman–Crippen MR) is 86.4 cm³/mol. The maximum absolute atomic E-state index is 12.1. The van der Waals surface area contributed by atoms with Gasteiger partial charge in [-0.1, -0.05) is 12.8 Å². The molecule has 2 N–H and O–H groups in total. The molecule has 0 aromatic heterocycles. The fraction of sp³-hybridized carbons (Fsp3) is 0.867. The van der Waals surface area contributed by atoms with Crippen molar-refractivity contribution in [1.82, 2.24) is 15.5 Å². The summed E-state index contributed by atoms with van der Waals surface area (Å²) in [5.74, 6) is 2.37. The van der Waals surface area contributed by atoms with Crippen molar-refractivity contribution in [3.63, 3.8) is 0 Å². The van der Waals surface area contributed by atoms with Crippen molar-refractivity contribution in [2.45, 2.75) is 44.6 Å². The zero-order valence-electron chi connectivity index (χ0n) is 12.7. The van der Waals surface area contributed by atoms with Gasteiger partial charge in [0.1, 0.15) is 0 Å². The molecule has 1 unspecified atom stereocenters. The van der Waals surface area contributed by atoms with Crippen LogP contribution in [-0.4, -0.2) is 60.4 Å². The van der Waals surface area contributed by atoms with Gasteiger partial charge in [-0.05, 0) is 12.8 Å². The summed E-state index contributed by atoms with van der Waals surface area (Å²) in [5.41, 5.74) is 0. The third kappa shape index (κ3) is 6.26. The Bertz CT molecular complexity index is 338. The van der Waals surface area contributed by atoms with Gasteiger partial charge in [-0.25, -0.2) is 0 Å². The number of nitrogens with zero attached hydrogens (tertiary/aromatic N) is 1. The Labute approximate surface area is 131 Å². The molecule has 21 heavy (non-hydrogen) atoms. The molecule has 0 bridgehead atoms. The molecule has 2 rings (SSSR count). The van der Waals surface area contributed by atoms with Gasteiger partial charge in [-0.2, -0.15) is 11.8 Å². The molecule has 0 saturated carbocycles. The van der Waals surface area contributed by atoms with E-state index in [0.717, 1.165) is 44.0 Å². The van der Waals surface area contributed by atoms with Crippen LogP contribution in [0.3, 0.4) is 0 Å².